The Morgan fingerprint density at radius 3 is 1.04 bits per heavy atom. The smallest absolute Gasteiger partial charge is 0.268 e. The first kappa shape index (κ1) is 85.1. The number of amides is 1. The molecule has 0 saturated carbocycles. The second-order valence-corrected chi connectivity index (χ2v) is 26.6. The molecule has 9 heteroatoms. The molecule has 1 amide bonds. The number of rotatable bonds is 65. The Balaban J connectivity index is 4.20. The largest absolute Gasteiger partial charge is 0.756 e. The highest BCUT2D eigenvalue weighted by Crippen LogP contribution is 2.38. The molecule has 508 valence electrons. The minimum absolute atomic E-state index is 0.0185. The number of allylic oxidation sites excluding steroid dienone is 25. The van der Waals surface area contributed by atoms with Crippen LogP contribution >= 0.6 is 7.82 Å². The van der Waals surface area contributed by atoms with Crippen molar-refractivity contribution in [1.82, 2.24) is 5.32 Å². The Morgan fingerprint density at radius 2 is 0.697 bits per heavy atom. The standard InChI is InChI=1S/C80H137N2O6P/c1-6-8-10-12-14-16-18-20-22-24-26-28-30-32-34-36-37-38-39-40-41-42-43-44-45-46-48-50-52-54-56-58-60-62-64-66-68-70-72-74-80(84)81-78(77-88-89(85,86)87-76-75-82(3,4)5)79(83)73-71-69-67-65-63-61-59-57-55-53-51-49-47-35-33-31-29-27-25-23-21-19-17-15-13-11-9-7-2/h8,10,14,16,20,22,26,28,32,34,37-38,40-41,43-44,46,48,52,54-55,57,63,65,71,73,78-79,83H,6-7,9,11-13,15,17-19,21,23-25,27,29-31,33,35-36,39,42,45,47,49-51,53,56,58-62,64,66-70,72,74-77H2,1-5H3,(H-,81,84,85,86)/b10-8-,16-14-,22-20-,28-26-,34-32-,38-37-,41-40-,44-43-,48-46-,54-52-,57-55+,65-63+,73-71+. The Kier molecular flexibility index (Phi) is 65.5. The van der Waals surface area contributed by atoms with Gasteiger partial charge in [0.25, 0.3) is 7.82 Å². The van der Waals surface area contributed by atoms with Crippen LogP contribution in [0.15, 0.2) is 158 Å². The molecule has 3 atom stereocenters. The highest BCUT2D eigenvalue weighted by Gasteiger charge is 2.23. The summed E-state index contributed by atoms with van der Waals surface area (Å²) in [6.45, 7) is 4.51. The third kappa shape index (κ3) is 71.4. The highest BCUT2D eigenvalue weighted by atomic mass is 31.2. The van der Waals surface area contributed by atoms with E-state index in [4.69, 9.17) is 9.05 Å². The number of hydrogen-bond donors (Lipinski definition) is 2. The summed E-state index contributed by atoms with van der Waals surface area (Å²) < 4.78 is 23.4. The van der Waals surface area contributed by atoms with Crippen LogP contribution in [0.3, 0.4) is 0 Å². The van der Waals surface area contributed by atoms with E-state index in [0.29, 0.717) is 17.4 Å². The molecule has 0 aromatic heterocycles. The second kappa shape index (κ2) is 68.5. The van der Waals surface area contributed by atoms with Gasteiger partial charge in [-0.05, 0) is 122 Å². The van der Waals surface area contributed by atoms with Gasteiger partial charge in [0.15, 0.2) is 0 Å². The van der Waals surface area contributed by atoms with Gasteiger partial charge in [0.2, 0.25) is 5.91 Å². The molecule has 0 heterocycles. The van der Waals surface area contributed by atoms with Crippen LogP contribution in [0.5, 0.6) is 0 Å². The van der Waals surface area contributed by atoms with Crippen LogP contribution in [0.4, 0.5) is 0 Å². The summed E-state index contributed by atoms with van der Waals surface area (Å²) in [5.41, 5.74) is 0. The van der Waals surface area contributed by atoms with Crippen molar-refractivity contribution in [3.8, 4) is 0 Å². The summed E-state index contributed by atoms with van der Waals surface area (Å²) in [6.07, 6.45) is 107. The molecule has 0 spiro atoms. The molecule has 0 bridgehead atoms. The van der Waals surface area contributed by atoms with Crippen molar-refractivity contribution in [2.24, 2.45) is 0 Å². The molecule has 8 nitrogen and oxygen atoms in total. The van der Waals surface area contributed by atoms with Crippen LogP contribution in [-0.2, 0) is 18.4 Å². The van der Waals surface area contributed by atoms with Crippen LogP contribution in [0.1, 0.15) is 290 Å². The van der Waals surface area contributed by atoms with E-state index in [1.165, 1.54) is 148 Å². The molecule has 2 N–H and O–H groups in total. The summed E-state index contributed by atoms with van der Waals surface area (Å²) >= 11 is 0. The van der Waals surface area contributed by atoms with E-state index in [1.54, 1.807) is 6.08 Å². The zero-order valence-electron chi connectivity index (χ0n) is 58.1. The fourth-order valence-corrected chi connectivity index (χ4v) is 10.6. The van der Waals surface area contributed by atoms with E-state index in [-0.39, 0.29) is 12.5 Å². The van der Waals surface area contributed by atoms with Crippen molar-refractivity contribution in [3.05, 3.63) is 158 Å². The lowest BCUT2D eigenvalue weighted by molar-refractivity contribution is -0.870. The van der Waals surface area contributed by atoms with Crippen molar-refractivity contribution in [2.75, 3.05) is 40.9 Å². The predicted octanol–water partition coefficient (Wildman–Crippen LogP) is 23.1. The number of phosphoric acid groups is 1. The van der Waals surface area contributed by atoms with Gasteiger partial charge in [0.1, 0.15) is 13.2 Å². The first-order chi connectivity index (χ1) is 43.5. The summed E-state index contributed by atoms with van der Waals surface area (Å²) in [5.74, 6) is -0.224. The van der Waals surface area contributed by atoms with E-state index < -0.39 is 26.6 Å². The third-order valence-electron chi connectivity index (χ3n) is 15.4. The second-order valence-electron chi connectivity index (χ2n) is 25.2. The number of carbonyl (C=O) groups excluding carboxylic acids is 1. The minimum Gasteiger partial charge on any atom is -0.756 e. The maximum absolute atomic E-state index is 13.0. The normalized spacial score (nSPS) is 14.6. The van der Waals surface area contributed by atoms with Crippen LogP contribution in [0.25, 0.3) is 0 Å². The van der Waals surface area contributed by atoms with Gasteiger partial charge in [-0.15, -0.1) is 0 Å². The van der Waals surface area contributed by atoms with E-state index in [0.717, 1.165) is 122 Å². The lowest BCUT2D eigenvalue weighted by Crippen LogP contribution is -2.45. The van der Waals surface area contributed by atoms with Crippen LogP contribution in [0.2, 0.25) is 0 Å². The fourth-order valence-electron chi connectivity index (χ4n) is 9.86. The molecule has 0 radical (unpaired) electrons. The Labute approximate surface area is 550 Å². The lowest BCUT2D eigenvalue weighted by Gasteiger charge is -2.29. The Bertz CT molecular complexity index is 2010. The fraction of sp³-hybridized carbons (Fsp3) is 0.662. The van der Waals surface area contributed by atoms with E-state index in [9.17, 15) is 19.4 Å². The average Bonchev–Trinajstić information content (AvgIpc) is 3.55. The van der Waals surface area contributed by atoms with Gasteiger partial charge >= 0.3 is 0 Å². The maximum Gasteiger partial charge on any atom is 0.268 e. The number of phosphoric ester groups is 1. The zero-order chi connectivity index (χ0) is 64.8. The van der Waals surface area contributed by atoms with Crippen LogP contribution in [-0.4, -0.2) is 68.5 Å². The molecule has 0 fully saturated rings. The SMILES string of the molecule is CC/C=C\C/C=C\C/C=C\C/C=C\C/C=C\C/C=C\C/C=C\C/C=C\C/C=C\C/C=C\CCCCCCCCCCC(=O)NC(COP(=O)([O-])OCC[N+](C)(C)C)C(O)/C=C/CC/C=C/CC/C=C/CCCCCCCCCCCCCCCCCCCC. The van der Waals surface area contributed by atoms with Gasteiger partial charge in [-0.2, -0.15) is 0 Å². The molecule has 0 aliphatic carbocycles. The molecule has 0 rings (SSSR count). The first-order valence-corrected chi connectivity index (χ1v) is 37.8. The zero-order valence-corrected chi connectivity index (χ0v) is 59.0. The summed E-state index contributed by atoms with van der Waals surface area (Å²) in [7, 11) is 1.21. The maximum atomic E-state index is 13.0. The van der Waals surface area contributed by atoms with E-state index in [1.807, 2.05) is 27.2 Å². The van der Waals surface area contributed by atoms with E-state index in [2.05, 4.69) is 165 Å². The number of aliphatic hydroxyl groups is 1. The number of hydrogen-bond acceptors (Lipinski definition) is 6. The van der Waals surface area contributed by atoms with Crippen molar-refractivity contribution in [3.63, 3.8) is 0 Å². The highest BCUT2D eigenvalue weighted by molar-refractivity contribution is 7.45. The minimum atomic E-state index is -4.63. The summed E-state index contributed by atoms with van der Waals surface area (Å²) in [4.78, 5) is 25.6. The van der Waals surface area contributed by atoms with Gasteiger partial charge in [-0.3, -0.25) is 9.36 Å². The quantitative estimate of drug-likeness (QED) is 0.0272. The average molecular weight is 1250 g/mol. The molecular weight excluding hydrogens is 1120 g/mol. The number of likely N-dealkylation sites (N-methyl/N-ethyl adjacent to an activating group) is 1. The molecule has 0 aromatic rings. The molecule has 0 aliphatic rings. The van der Waals surface area contributed by atoms with Gasteiger partial charge in [0, 0.05) is 6.42 Å². The van der Waals surface area contributed by atoms with Gasteiger partial charge in [-0.25, -0.2) is 0 Å². The number of nitrogens with one attached hydrogen (secondary N) is 1. The van der Waals surface area contributed by atoms with Gasteiger partial charge < -0.3 is 28.8 Å². The third-order valence-corrected chi connectivity index (χ3v) is 16.4. The van der Waals surface area contributed by atoms with Crippen molar-refractivity contribution < 1.29 is 32.9 Å². The van der Waals surface area contributed by atoms with E-state index >= 15 is 0 Å². The van der Waals surface area contributed by atoms with Crippen molar-refractivity contribution >= 4 is 13.7 Å². The number of unbranched alkanes of at least 4 members (excludes halogenated alkanes) is 28. The molecule has 0 saturated heterocycles. The summed E-state index contributed by atoms with van der Waals surface area (Å²) in [5, 5.41) is 13.9. The number of nitrogens with zero attached hydrogens (tertiary/aromatic N) is 1. The predicted molar refractivity (Wildman–Crippen MR) is 389 cm³/mol. The monoisotopic (exact) mass is 1250 g/mol. The molecule has 89 heavy (non-hydrogen) atoms. The molecular formula is C80H137N2O6P. The topological polar surface area (TPSA) is 108 Å². The first-order valence-electron chi connectivity index (χ1n) is 36.3. The van der Waals surface area contributed by atoms with Crippen molar-refractivity contribution in [2.45, 2.75) is 302 Å². The Morgan fingerprint density at radius 1 is 0.404 bits per heavy atom. The molecule has 0 aromatic carbocycles. The van der Waals surface area contributed by atoms with Gasteiger partial charge in [0.05, 0.1) is 39.9 Å². The Hall–Kier alpha value is -3.88. The molecule has 3 unspecified atom stereocenters. The lowest BCUT2D eigenvalue weighted by atomic mass is 10.0. The van der Waals surface area contributed by atoms with Crippen molar-refractivity contribution in [1.29, 1.82) is 0 Å². The number of quaternary nitrogens is 1. The van der Waals surface area contributed by atoms with Gasteiger partial charge in [-0.1, -0.05) is 320 Å². The van der Waals surface area contributed by atoms with Crippen LogP contribution < -0.4 is 10.2 Å². The number of aliphatic hydroxyl groups excluding tert-OH is 1. The number of carbonyl (C=O) groups is 1. The molecule has 0 aliphatic heterocycles. The van der Waals surface area contributed by atoms with Crippen LogP contribution in [0, 0.1) is 0 Å². The summed E-state index contributed by atoms with van der Waals surface area (Å²) in [6, 6.07) is -0.928.